The summed E-state index contributed by atoms with van der Waals surface area (Å²) in [6, 6.07) is 6.60. The van der Waals surface area contributed by atoms with Crippen LogP contribution in [0.1, 0.15) is 43.7 Å². The van der Waals surface area contributed by atoms with Crippen molar-refractivity contribution in [2.75, 3.05) is 11.4 Å². The Kier molecular flexibility index (Phi) is 4.30. The van der Waals surface area contributed by atoms with Gasteiger partial charge in [-0.25, -0.2) is 0 Å². The fraction of sp³-hybridized carbons (Fsp3) is 0.533. The number of nitrogens with two attached hydrogens (primary N) is 1. The summed E-state index contributed by atoms with van der Waals surface area (Å²) in [6.07, 6.45) is 4.83. The molecule has 1 aliphatic carbocycles. The minimum atomic E-state index is 0.195. The normalized spacial score (nSPS) is 15.6. The molecule has 3 N–H and O–H groups in total. The van der Waals surface area contributed by atoms with Crippen LogP contribution in [0.15, 0.2) is 23.4 Å². The van der Waals surface area contributed by atoms with Crippen molar-refractivity contribution < 1.29 is 5.21 Å². The lowest BCUT2D eigenvalue weighted by Crippen LogP contribution is -2.30. The molecular formula is C15H23N3O. The van der Waals surface area contributed by atoms with Gasteiger partial charge in [-0.2, -0.15) is 0 Å². The number of hydrogen-bond donors (Lipinski definition) is 2. The van der Waals surface area contributed by atoms with Crippen LogP contribution in [0.25, 0.3) is 0 Å². The molecule has 0 heterocycles. The summed E-state index contributed by atoms with van der Waals surface area (Å²) in [4.78, 5) is 2.44. The summed E-state index contributed by atoms with van der Waals surface area (Å²) in [7, 11) is 0. The maximum atomic E-state index is 8.96. The number of para-hydroxylation sites is 1. The molecule has 4 heteroatoms. The zero-order valence-electron chi connectivity index (χ0n) is 11.8. The number of aryl methyl sites for hydroxylation is 1. The van der Waals surface area contributed by atoms with Gasteiger partial charge in [0.1, 0.15) is 0 Å². The Hall–Kier alpha value is -1.71. The Morgan fingerprint density at radius 1 is 1.47 bits per heavy atom. The first-order valence-corrected chi connectivity index (χ1v) is 7.03. The van der Waals surface area contributed by atoms with Crippen LogP contribution in [-0.4, -0.2) is 23.6 Å². The molecule has 1 aliphatic rings. The van der Waals surface area contributed by atoms with E-state index < -0.39 is 0 Å². The molecule has 4 nitrogen and oxygen atoms in total. The van der Waals surface area contributed by atoms with Crippen molar-refractivity contribution in [3.05, 3.63) is 29.3 Å². The lowest BCUT2D eigenvalue weighted by Gasteiger charge is -2.28. The summed E-state index contributed by atoms with van der Waals surface area (Å²) in [5.41, 5.74) is 8.98. The van der Waals surface area contributed by atoms with E-state index in [1.54, 1.807) is 0 Å². The second-order valence-corrected chi connectivity index (χ2v) is 5.23. The number of amidine groups is 1. The van der Waals surface area contributed by atoms with Crippen LogP contribution in [0.3, 0.4) is 0 Å². The predicted molar refractivity (Wildman–Crippen MR) is 79.0 cm³/mol. The molecule has 0 atom stereocenters. The van der Waals surface area contributed by atoms with Crippen LogP contribution in [0.4, 0.5) is 5.69 Å². The zero-order chi connectivity index (χ0) is 13.8. The number of benzene rings is 1. The van der Waals surface area contributed by atoms with Crippen LogP contribution in [-0.2, 0) is 0 Å². The molecule has 104 valence electrons. The van der Waals surface area contributed by atoms with E-state index >= 15 is 0 Å². The molecule has 1 aromatic carbocycles. The largest absolute Gasteiger partial charge is 0.409 e. The molecule has 1 aromatic rings. The predicted octanol–water partition coefficient (Wildman–Crippen LogP) is 2.86. The SMILES string of the molecule is CCCCN(c1c(C)cccc1/C(N)=N/O)C1CC1. The minimum Gasteiger partial charge on any atom is -0.409 e. The van der Waals surface area contributed by atoms with Gasteiger partial charge in [0.2, 0.25) is 0 Å². The van der Waals surface area contributed by atoms with Crippen molar-refractivity contribution in [1.29, 1.82) is 0 Å². The van der Waals surface area contributed by atoms with Gasteiger partial charge in [0.05, 0.1) is 5.69 Å². The molecule has 19 heavy (non-hydrogen) atoms. The van der Waals surface area contributed by atoms with Crippen molar-refractivity contribution in [3.8, 4) is 0 Å². The number of anilines is 1. The molecule has 0 saturated heterocycles. The minimum absolute atomic E-state index is 0.195. The molecule has 0 spiro atoms. The maximum absolute atomic E-state index is 8.96. The van der Waals surface area contributed by atoms with Gasteiger partial charge in [0.25, 0.3) is 0 Å². The second kappa shape index (κ2) is 5.95. The lowest BCUT2D eigenvalue weighted by atomic mass is 10.0. The average molecular weight is 261 g/mol. The van der Waals surface area contributed by atoms with E-state index in [-0.39, 0.29) is 5.84 Å². The molecule has 1 fully saturated rings. The van der Waals surface area contributed by atoms with Gasteiger partial charge in [-0.15, -0.1) is 0 Å². The highest BCUT2D eigenvalue weighted by Crippen LogP contribution is 2.35. The lowest BCUT2D eigenvalue weighted by molar-refractivity contribution is 0.318. The Bertz CT molecular complexity index is 466. The van der Waals surface area contributed by atoms with Crippen molar-refractivity contribution >= 4 is 11.5 Å². The average Bonchev–Trinajstić information content (AvgIpc) is 3.24. The monoisotopic (exact) mass is 261 g/mol. The second-order valence-electron chi connectivity index (χ2n) is 5.23. The number of rotatable bonds is 6. The molecular weight excluding hydrogens is 238 g/mol. The smallest absolute Gasteiger partial charge is 0.172 e. The van der Waals surface area contributed by atoms with Crippen LogP contribution in [0, 0.1) is 6.92 Å². The van der Waals surface area contributed by atoms with E-state index in [9.17, 15) is 0 Å². The van der Waals surface area contributed by atoms with Crippen molar-refractivity contribution in [2.24, 2.45) is 10.9 Å². The Balaban J connectivity index is 2.39. The first kappa shape index (κ1) is 13.7. The van der Waals surface area contributed by atoms with E-state index in [4.69, 9.17) is 10.9 Å². The van der Waals surface area contributed by atoms with Gasteiger partial charge < -0.3 is 15.8 Å². The molecule has 0 aliphatic heterocycles. The summed E-state index contributed by atoms with van der Waals surface area (Å²) in [5, 5.41) is 12.1. The standard InChI is InChI=1S/C15H23N3O/c1-3-4-10-18(12-8-9-12)14-11(2)6-5-7-13(14)15(16)17-19/h5-7,12,19H,3-4,8-10H2,1-2H3,(H2,16,17). The summed E-state index contributed by atoms with van der Waals surface area (Å²) >= 11 is 0. The molecule has 0 bridgehead atoms. The molecule has 0 unspecified atom stereocenters. The first-order valence-electron chi connectivity index (χ1n) is 7.03. The van der Waals surface area contributed by atoms with E-state index in [1.165, 1.54) is 31.2 Å². The van der Waals surface area contributed by atoms with Gasteiger partial charge in [-0.3, -0.25) is 0 Å². The van der Waals surface area contributed by atoms with Gasteiger partial charge >= 0.3 is 0 Å². The van der Waals surface area contributed by atoms with E-state index in [1.807, 2.05) is 12.1 Å². The molecule has 2 rings (SSSR count). The summed E-state index contributed by atoms with van der Waals surface area (Å²) in [6.45, 7) is 5.33. The first-order chi connectivity index (χ1) is 9.19. The highest BCUT2D eigenvalue weighted by Gasteiger charge is 2.31. The fourth-order valence-corrected chi connectivity index (χ4v) is 2.49. The summed E-state index contributed by atoms with van der Waals surface area (Å²) in [5.74, 6) is 0.195. The number of hydrogen-bond acceptors (Lipinski definition) is 3. The Morgan fingerprint density at radius 2 is 2.21 bits per heavy atom. The van der Waals surface area contributed by atoms with Gasteiger partial charge in [0.15, 0.2) is 5.84 Å². The fourth-order valence-electron chi connectivity index (χ4n) is 2.49. The number of unbranched alkanes of at least 4 members (excludes halogenated alkanes) is 1. The zero-order valence-corrected chi connectivity index (χ0v) is 11.8. The number of oxime groups is 1. The topological polar surface area (TPSA) is 61.8 Å². The van der Waals surface area contributed by atoms with Crippen LogP contribution >= 0.6 is 0 Å². The van der Waals surface area contributed by atoms with E-state index in [0.29, 0.717) is 6.04 Å². The van der Waals surface area contributed by atoms with Crippen LogP contribution in [0.5, 0.6) is 0 Å². The van der Waals surface area contributed by atoms with Crippen LogP contribution in [0.2, 0.25) is 0 Å². The molecule has 0 radical (unpaired) electrons. The van der Waals surface area contributed by atoms with Crippen molar-refractivity contribution in [1.82, 2.24) is 0 Å². The third-order valence-corrected chi connectivity index (χ3v) is 3.65. The number of nitrogens with zero attached hydrogens (tertiary/aromatic N) is 2. The summed E-state index contributed by atoms with van der Waals surface area (Å²) < 4.78 is 0. The van der Waals surface area contributed by atoms with Gasteiger partial charge in [-0.05, 0) is 37.8 Å². The van der Waals surface area contributed by atoms with Crippen LogP contribution < -0.4 is 10.6 Å². The quantitative estimate of drug-likeness (QED) is 0.358. The Labute approximate surface area is 114 Å². The molecule has 0 aromatic heterocycles. The van der Waals surface area contributed by atoms with Gasteiger partial charge in [0, 0.05) is 18.2 Å². The van der Waals surface area contributed by atoms with Crippen molar-refractivity contribution in [2.45, 2.75) is 45.6 Å². The van der Waals surface area contributed by atoms with Gasteiger partial charge in [-0.1, -0.05) is 30.6 Å². The highest BCUT2D eigenvalue weighted by atomic mass is 16.4. The Morgan fingerprint density at radius 3 is 2.79 bits per heavy atom. The van der Waals surface area contributed by atoms with E-state index in [0.717, 1.165) is 17.8 Å². The third kappa shape index (κ3) is 3.00. The third-order valence-electron chi connectivity index (χ3n) is 3.65. The van der Waals surface area contributed by atoms with E-state index in [2.05, 4.69) is 30.0 Å². The van der Waals surface area contributed by atoms with Crippen molar-refractivity contribution in [3.63, 3.8) is 0 Å². The highest BCUT2D eigenvalue weighted by molar-refractivity contribution is 6.03. The molecule has 1 saturated carbocycles. The maximum Gasteiger partial charge on any atom is 0.172 e. The molecule has 0 amide bonds.